The van der Waals surface area contributed by atoms with Crippen molar-refractivity contribution in [1.82, 2.24) is 0 Å². The third kappa shape index (κ3) is 2.30. The van der Waals surface area contributed by atoms with Crippen LogP contribution in [0, 0.1) is 0 Å². The fraction of sp³-hybridized carbons (Fsp3) is 0.267. The van der Waals surface area contributed by atoms with Crippen molar-refractivity contribution in [2.75, 3.05) is 21.0 Å². The van der Waals surface area contributed by atoms with E-state index in [9.17, 15) is 9.59 Å². The SMILES string of the molecule is COC(=O)C1=Cc2c(ccc3c2OCO3)N=C(C(=O)OC)C1. The third-order valence-electron chi connectivity index (χ3n) is 3.36. The van der Waals surface area contributed by atoms with Crippen molar-refractivity contribution in [1.29, 1.82) is 0 Å². The standard InChI is InChI=1S/C15H13NO6/c1-19-14(17)8-5-9-10(16-11(6-8)15(18)20-2)3-4-12-13(9)22-7-21-12/h3-5H,6-7H2,1-2H3. The molecule has 0 saturated heterocycles. The van der Waals surface area contributed by atoms with E-state index in [4.69, 9.17) is 18.9 Å². The molecule has 2 heterocycles. The normalized spacial score (nSPS) is 15.2. The summed E-state index contributed by atoms with van der Waals surface area (Å²) in [5.74, 6) is -0.0778. The number of fused-ring (bicyclic) bond motifs is 3. The fourth-order valence-electron chi connectivity index (χ4n) is 2.31. The molecule has 7 nitrogen and oxygen atoms in total. The van der Waals surface area contributed by atoms with E-state index in [0.717, 1.165) is 0 Å². The van der Waals surface area contributed by atoms with E-state index >= 15 is 0 Å². The Morgan fingerprint density at radius 3 is 2.64 bits per heavy atom. The van der Waals surface area contributed by atoms with E-state index in [2.05, 4.69) is 4.99 Å². The second-order valence-electron chi connectivity index (χ2n) is 4.62. The predicted octanol–water partition coefficient (Wildman–Crippen LogP) is 1.62. The molecule has 1 aromatic rings. The summed E-state index contributed by atoms with van der Waals surface area (Å²) in [6.07, 6.45) is 1.62. The van der Waals surface area contributed by atoms with Gasteiger partial charge in [-0.25, -0.2) is 14.6 Å². The first-order chi connectivity index (χ1) is 10.6. The van der Waals surface area contributed by atoms with Crippen LogP contribution in [0.1, 0.15) is 12.0 Å². The predicted molar refractivity (Wildman–Crippen MR) is 76.3 cm³/mol. The van der Waals surface area contributed by atoms with Crippen LogP contribution in [0.3, 0.4) is 0 Å². The Kier molecular flexibility index (Phi) is 3.54. The van der Waals surface area contributed by atoms with Gasteiger partial charge in [0.1, 0.15) is 5.71 Å². The molecule has 2 aliphatic rings. The average Bonchev–Trinajstić information content (AvgIpc) is 2.93. The molecule has 0 spiro atoms. The Bertz CT molecular complexity index is 719. The zero-order valence-electron chi connectivity index (χ0n) is 12.0. The van der Waals surface area contributed by atoms with Gasteiger partial charge in [-0.05, 0) is 18.2 Å². The van der Waals surface area contributed by atoms with Crippen molar-refractivity contribution in [3.63, 3.8) is 0 Å². The van der Waals surface area contributed by atoms with Crippen LogP contribution in [0.15, 0.2) is 22.7 Å². The van der Waals surface area contributed by atoms with Gasteiger partial charge >= 0.3 is 11.9 Å². The van der Waals surface area contributed by atoms with Crippen LogP contribution >= 0.6 is 0 Å². The maximum absolute atomic E-state index is 11.9. The van der Waals surface area contributed by atoms with E-state index in [1.165, 1.54) is 14.2 Å². The number of methoxy groups -OCH3 is 2. The number of carbonyl (C=O) groups excluding carboxylic acids is 2. The molecule has 0 atom stereocenters. The zero-order valence-corrected chi connectivity index (χ0v) is 12.0. The molecule has 2 aliphatic heterocycles. The highest BCUT2D eigenvalue weighted by atomic mass is 16.7. The fourth-order valence-corrected chi connectivity index (χ4v) is 2.31. The van der Waals surface area contributed by atoms with Gasteiger partial charge in [-0.3, -0.25) is 0 Å². The molecule has 0 aromatic heterocycles. The van der Waals surface area contributed by atoms with Crippen LogP contribution in [0.4, 0.5) is 5.69 Å². The first-order valence-electron chi connectivity index (χ1n) is 6.51. The number of benzene rings is 1. The Hall–Kier alpha value is -2.83. The maximum Gasteiger partial charge on any atom is 0.352 e. The Balaban J connectivity index is 2.18. The molecule has 0 unspecified atom stereocenters. The second kappa shape index (κ2) is 5.51. The summed E-state index contributed by atoms with van der Waals surface area (Å²) in [6, 6.07) is 3.40. The van der Waals surface area contributed by atoms with Crippen LogP contribution < -0.4 is 9.47 Å². The molecule has 0 radical (unpaired) electrons. The largest absolute Gasteiger partial charge is 0.466 e. The molecule has 7 heteroatoms. The highest BCUT2D eigenvalue weighted by molar-refractivity contribution is 6.38. The summed E-state index contributed by atoms with van der Waals surface area (Å²) in [4.78, 5) is 28.0. The van der Waals surface area contributed by atoms with Crippen LogP contribution in [0.2, 0.25) is 0 Å². The smallest absolute Gasteiger partial charge is 0.352 e. The van der Waals surface area contributed by atoms with Crippen molar-refractivity contribution in [3.05, 3.63) is 23.3 Å². The molecular weight excluding hydrogens is 290 g/mol. The minimum atomic E-state index is -0.597. The Morgan fingerprint density at radius 2 is 1.91 bits per heavy atom. The Morgan fingerprint density at radius 1 is 1.14 bits per heavy atom. The molecule has 114 valence electrons. The van der Waals surface area contributed by atoms with E-state index in [0.29, 0.717) is 22.7 Å². The lowest BCUT2D eigenvalue weighted by Gasteiger charge is -2.05. The number of hydrogen-bond acceptors (Lipinski definition) is 7. The topological polar surface area (TPSA) is 83.4 Å². The summed E-state index contributed by atoms with van der Waals surface area (Å²) < 4.78 is 20.2. The number of ether oxygens (including phenoxy) is 4. The molecule has 0 aliphatic carbocycles. The highest BCUT2D eigenvalue weighted by Gasteiger charge is 2.27. The second-order valence-corrected chi connectivity index (χ2v) is 4.62. The molecule has 0 fully saturated rings. The molecular formula is C15H13NO6. The lowest BCUT2D eigenvalue weighted by Crippen LogP contribution is -2.18. The van der Waals surface area contributed by atoms with Gasteiger partial charge in [0.05, 0.1) is 19.9 Å². The van der Waals surface area contributed by atoms with Gasteiger partial charge < -0.3 is 18.9 Å². The van der Waals surface area contributed by atoms with Crippen LogP contribution in [0.5, 0.6) is 11.5 Å². The van der Waals surface area contributed by atoms with E-state index in [1.54, 1.807) is 18.2 Å². The lowest BCUT2D eigenvalue weighted by atomic mass is 10.1. The molecule has 0 bridgehead atoms. The molecule has 22 heavy (non-hydrogen) atoms. The summed E-state index contributed by atoms with van der Waals surface area (Å²) >= 11 is 0. The molecule has 0 saturated carbocycles. The summed E-state index contributed by atoms with van der Waals surface area (Å²) in [7, 11) is 2.54. The van der Waals surface area contributed by atoms with Gasteiger partial charge in [0, 0.05) is 17.6 Å². The summed E-state index contributed by atoms with van der Waals surface area (Å²) in [6.45, 7) is 0.0980. The number of esters is 2. The zero-order chi connectivity index (χ0) is 15.7. The molecule has 1 aromatic carbocycles. The van der Waals surface area contributed by atoms with Crippen LogP contribution in [-0.4, -0.2) is 38.7 Å². The third-order valence-corrected chi connectivity index (χ3v) is 3.36. The van der Waals surface area contributed by atoms with Gasteiger partial charge in [-0.15, -0.1) is 0 Å². The van der Waals surface area contributed by atoms with Crippen molar-refractivity contribution >= 4 is 29.4 Å². The molecule has 0 N–H and O–H groups in total. The Labute approximate surface area is 126 Å². The maximum atomic E-state index is 11.9. The van der Waals surface area contributed by atoms with E-state index in [1.807, 2.05) is 0 Å². The van der Waals surface area contributed by atoms with Gasteiger partial charge in [-0.2, -0.15) is 0 Å². The van der Waals surface area contributed by atoms with Gasteiger partial charge in [0.2, 0.25) is 6.79 Å². The summed E-state index contributed by atoms with van der Waals surface area (Å²) in [5.41, 5.74) is 1.49. The first-order valence-corrected chi connectivity index (χ1v) is 6.51. The van der Waals surface area contributed by atoms with Crippen molar-refractivity contribution < 1.29 is 28.5 Å². The lowest BCUT2D eigenvalue weighted by molar-refractivity contribution is -0.136. The van der Waals surface area contributed by atoms with Crippen molar-refractivity contribution in [3.8, 4) is 11.5 Å². The van der Waals surface area contributed by atoms with Crippen molar-refractivity contribution in [2.45, 2.75) is 6.42 Å². The minimum Gasteiger partial charge on any atom is -0.466 e. The molecule has 0 amide bonds. The van der Waals surface area contributed by atoms with E-state index in [-0.39, 0.29) is 24.5 Å². The number of aliphatic imine (C=N–C) groups is 1. The minimum absolute atomic E-state index is 0.0175. The number of carbonyl (C=O) groups is 2. The van der Waals surface area contributed by atoms with Gasteiger partial charge in [0.25, 0.3) is 0 Å². The first kappa shape index (κ1) is 14.1. The summed E-state index contributed by atoms with van der Waals surface area (Å²) in [5, 5.41) is 0. The number of rotatable bonds is 2. The quantitative estimate of drug-likeness (QED) is 0.772. The van der Waals surface area contributed by atoms with E-state index < -0.39 is 11.9 Å². The monoisotopic (exact) mass is 303 g/mol. The average molecular weight is 303 g/mol. The van der Waals surface area contributed by atoms with Crippen LogP contribution in [-0.2, 0) is 19.1 Å². The van der Waals surface area contributed by atoms with Gasteiger partial charge in [0.15, 0.2) is 11.5 Å². The van der Waals surface area contributed by atoms with Crippen molar-refractivity contribution in [2.24, 2.45) is 4.99 Å². The van der Waals surface area contributed by atoms with Gasteiger partial charge in [-0.1, -0.05) is 0 Å². The molecule has 3 rings (SSSR count). The number of nitrogens with zero attached hydrogens (tertiary/aromatic N) is 1. The number of hydrogen-bond donors (Lipinski definition) is 0. The highest BCUT2D eigenvalue weighted by Crippen LogP contribution is 2.43. The van der Waals surface area contributed by atoms with Crippen LogP contribution in [0.25, 0.3) is 6.08 Å².